The van der Waals surface area contributed by atoms with Gasteiger partial charge in [-0.1, -0.05) is 24.3 Å². The molecule has 17 heavy (non-hydrogen) atoms. The minimum Gasteiger partial charge on any atom is -0.207 e. The molecule has 0 amide bonds. The molecule has 0 N–H and O–H groups in total. The number of hydrogen-bond donors (Lipinski definition) is 0. The number of halogens is 2. The van der Waals surface area contributed by atoms with Crippen molar-refractivity contribution < 1.29 is 16.7 Å². The van der Waals surface area contributed by atoms with Crippen LogP contribution in [0, 0.1) is 5.82 Å². The molecule has 2 aromatic rings. The quantitative estimate of drug-likeness (QED) is 0.771. The summed E-state index contributed by atoms with van der Waals surface area (Å²) in [6.45, 7) is 0. The van der Waals surface area contributed by atoms with Crippen LogP contribution in [0.2, 0.25) is 0 Å². The van der Waals surface area contributed by atoms with Crippen LogP contribution in [0.5, 0.6) is 0 Å². The lowest BCUT2D eigenvalue weighted by Gasteiger charge is -2.02. The average molecular weight is 254 g/mol. The summed E-state index contributed by atoms with van der Waals surface area (Å²) in [5.41, 5.74) is 1.42. The standard InChI is InChI=1S/C12H8F2O2S/c13-11-5-1-9(2-6-11)10-3-7-12(8-4-10)17(14,15)16/h1-8H. The largest absolute Gasteiger partial charge is 0.332 e. The molecule has 88 valence electrons. The average Bonchev–Trinajstić information content (AvgIpc) is 2.29. The third kappa shape index (κ3) is 2.68. The van der Waals surface area contributed by atoms with Gasteiger partial charge in [-0.05, 0) is 35.4 Å². The van der Waals surface area contributed by atoms with Crippen molar-refractivity contribution in [2.24, 2.45) is 0 Å². The zero-order valence-electron chi connectivity index (χ0n) is 8.60. The highest BCUT2D eigenvalue weighted by Gasteiger charge is 2.11. The molecular weight excluding hydrogens is 246 g/mol. The molecule has 2 aromatic carbocycles. The molecule has 0 saturated carbocycles. The Balaban J connectivity index is 2.39. The van der Waals surface area contributed by atoms with Crippen molar-refractivity contribution in [1.82, 2.24) is 0 Å². The first-order valence-electron chi connectivity index (χ1n) is 4.77. The Bertz CT molecular complexity index is 617. The predicted octanol–water partition coefficient (Wildman–Crippen LogP) is 3.15. The van der Waals surface area contributed by atoms with E-state index in [2.05, 4.69) is 0 Å². The lowest BCUT2D eigenvalue weighted by Crippen LogP contribution is -1.91. The SMILES string of the molecule is O=S(=O)(F)c1ccc(-c2ccc(F)cc2)cc1. The molecule has 0 aliphatic rings. The molecule has 0 fully saturated rings. The molecule has 0 aliphatic carbocycles. The van der Waals surface area contributed by atoms with E-state index in [1.807, 2.05) is 0 Å². The Labute approximate surface area is 97.7 Å². The van der Waals surface area contributed by atoms with Gasteiger partial charge in [0.15, 0.2) is 0 Å². The Morgan fingerprint density at radius 2 is 1.18 bits per heavy atom. The summed E-state index contributed by atoms with van der Waals surface area (Å²) >= 11 is 0. The first kappa shape index (κ1) is 11.7. The molecule has 2 nitrogen and oxygen atoms in total. The zero-order valence-corrected chi connectivity index (χ0v) is 9.42. The normalized spacial score (nSPS) is 11.4. The number of hydrogen-bond acceptors (Lipinski definition) is 2. The van der Waals surface area contributed by atoms with Gasteiger partial charge in [0.05, 0.1) is 4.90 Å². The molecule has 0 spiro atoms. The van der Waals surface area contributed by atoms with Gasteiger partial charge >= 0.3 is 10.2 Å². The van der Waals surface area contributed by atoms with Gasteiger partial charge in [0.2, 0.25) is 0 Å². The van der Waals surface area contributed by atoms with Crippen molar-refractivity contribution in [3.05, 3.63) is 54.3 Å². The molecule has 0 radical (unpaired) electrons. The highest BCUT2D eigenvalue weighted by atomic mass is 32.3. The Morgan fingerprint density at radius 1 is 0.765 bits per heavy atom. The maximum absolute atomic E-state index is 12.7. The van der Waals surface area contributed by atoms with Gasteiger partial charge < -0.3 is 0 Å². The fraction of sp³-hybridized carbons (Fsp3) is 0. The molecule has 0 unspecified atom stereocenters. The van der Waals surface area contributed by atoms with Crippen LogP contribution in [-0.2, 0) is 10.2 Å². The first-order chi connectivity index (χ1) is 7.97. The zero-order chi connectivity index (χ0) is 12.5. The second-order valence-electron chi connectivity index (χ2n) is 3.47. The smallest absolute Gasteiger partial charge is 0.207 e. The van der Waals surface area contributed by atoms with Gasteiger partial charge in [0, 0.05) is 0 Å². The summed E-state index contributed by atoms with van der Waals surface area (Å²) in [4.78, 5) is -0.386. The van der Waals surface area contributed by atoms with Crippen molar-refractivity contribution in [1.29, 1.82) is 0 Å². The van der Waals surface area contributed by atoms with E-state index in [4.69, 9.17) is 0 Å². The molecular formula is C12H8F2O2S. The summed E-state index contributed by atoms with van der Waals surface area (Å²) < 4.78 is 46.5. The van der Waals surface area contributed by atoms with Crippen LogP contribution >= 0.6 is 0 Å². The second kappa shape index (κ2) is 4.25. The van der Waals surface area contributed by atoms with E-state index in [1.54, 1.807) is 12.1 Å². The fourth-order valence-electron chi connectivity index (χ4n) is 1.45. The maximum atomic E-state index is 12.7. The van der Waals surface area contributed by atoms with Crippen LogP contribution in [0.3, 0.4) is 0 Å². The third-order valence-electron chi connectivity index (χ3n) is 2.31. The lowest BCUT2D eigenvalue weighted by molar-refractivity contribution is 0.552. The molecule has 0 bridgehead atoms. The monoisotopic (exact) mass is 254 g/mol. The van der Waals surface area contributed by atoms with Gasteiger partial charge in [-0.2, -0.15) is 8.42 Å². The topological polar surface area (TPSA) is 34.1 Å². The van der Waals surface area contributed by atoms with Crippen molar-refractivity contribution in [2.75, 3.05) is 0 Å². The second-order valence-corrected chi connectivity index (χ2v) is 4.82. The van der Waals surface area contributed by atoms with Crippen LogP contribution in [0.25, 0.3) is 11.1 Å². The highest BCUT2D eigenvalue weighted by molar-refractivity contribution is 7.86. The maximum Gasteiger partial charge on any atom is 0.332 e. The number of benzene rings is 2. The molecule has 0 aliphatic heterocycles. The van der Waals surface area contributed by atoms with Crippen LogP contribution < -0.4 is 0 Å². The molecule has 0 saturated heterocycles. The van der Waals surface area contributed by atoms with Gasteiger partial charge in [0.25, 0.3) is 0 Å². The minimum absolute atomic E-state index is 0.350. The summed E-state index contributed by atoms with van der Waals surface area (Å²) in [5.74, 6) is -0.350. The van der Waals surface area contributed by atoms with E-state index in [1.165, 1.54) is 36.4 Å². The van der Waals surface area contributed by atoms with Crippen molar-refractivity contribution in [2.45, 2.75) is 4.90 Å². The van der Waals surface area contributed by atoms with E-state index in [9.17, 15) is 16.7 Å². The molecule has 2 rings (SSSR count). The van der Waals surface area contributed by atoms with Gasteiger partial charge in [-0.25, -0.2) is 4.39 Å². The van der Waals surface area contributed by atoms with E-state index in [-0.39, 0.29) is 10.7 Å². The Hall–Kier alpha value is -1.75. The van der Waals surface area contributed by atoms with Crippen molar-refractivity contribution in [3.8, 4) is 11.1 Å². The predicted molar refractivity (Wildman–Crippen MR) is 60.1 cm³/mol. The summed E-state index contributed by atoms with van der Waals surface area (Å²) in [6, 6.07) is 11.0. The van der Waals surface area contributed by atoms with Gasteiger partial charge in [0.1, 0.15) is 5.82 Å². The fourth-order valence-corrected chi connectivity index (χ4v) is 1.91. The molecule has 0 atom stereocenters. The summed E-state index contributed by atoms with van der Waals surface area (Å²) in [5, 5.41) is 0. The van der Waals surface area contributed by atoms with Crippen LogP contribution in [0.4, 0.5) is 8.28 Å². The van der Waals surface area contributed by atoms with Gasteiger partial charge in [-0.15, -0.1) is 3.89 Å². The van der Waals surface area contributed by atoms with Gasteiger partial charge in [-0.3, -0.25) is 0 Å². The van der Waals surface area contributed by atoms with Crippen LogP contribution in [-0.4, -0.2) is 8.42 Å². The van der Waals surface area contributed by atoms with E-state index < -0.39 is 10.2 Å². The van der Waals surface area contributed by atoms with Crippen molar-refractivity contribution >= 4 is 10.2 Å². The summed E-state index contributed by atoms with van der Waals surface area (Å²) in [6.07, 6.45) is 0. The lowest BCUT2D eigenvalue weighted by atomic mass is 10.1. The Morgan fingerprint density at radius 3 is 1.59 bits per heavy atom. The highest BCUT2D eigenvalue weighted by Crippen LogP contribution is 2.22. The van der Waals surface area contributed by atoms with E-state index in [0.29, 0.717) is 5.56 Å². The third-order valence-corrected chi connectivity index (χ3v) is 3.15. The molecule has 5 heteroatoms. The van der Waals surface area contributed by atoms with Crippen LogP contribution in [0.1, 0.15) is 0 Å². The molecule has 0 heterocycles. The molecule has 0 aromatic heterocycles. The van der Waals surface area contributed by atoms with E-state index in [0.717, 1.165) is 5.56 Å². The first-order valence-corrected chi connectivity index (χ1v) is 6.16. The Kier molecular flexibility index (Phi) is 2.93. The number of rotatable bonds is 2. The summed E-state index contributed by atoms with van der Waals surface area (Å²) in [7, 11) is -4.67. The van der Waals surface area contributed by atoms with Crippen molar-refractivity contribution in [3.63, 3.8) is 0 Å². The van der Waals surface area contributed by atoms with Crippen LogP contribution in [0.15, 0.2) is 53.4 Å². The van der Waals surface area contributed by atoms with E-state index >= 15 is 0 Å². The minimum atomic E-state index is -4.67.